The van der Waals surface area contributed by atoms with Crippen LogP contribution in [0, 0.1) is 0 Å². The molecule has 0 saturated carbocycles. The molecule has 122 valence electrons. The Bertz CT molecular complexity index is 474. The molecule has 0 amide bonds. The molecule has 1 aromatic carbocycles. The zero-order chi connectivity index (χ0) is 16.4. The van der Waals surface area contributed by atoms with Crippen molar-refractivity contribution in [3.05, 3.63) is 24.3 Å². The van der Waals surface area contributed by atoms with Crippen molar-refractivity contribution in [2.45, 2.75) is 38.9 Å². The Morgan fingerprint density at radius 1 is 1.00 bits per heavy atom. The Morgan fingerprint density at radius 3 is 2.05 bits per heavy atom. The van der Waals surface area contributed by atoms with Crippen LogP contribution in [0.5, 0.6) is 0 Å². The van der Waals surface area contributed by atoms with Crippen molar-refractivity contribution in [2.24, 2.45) is 0 Å². The maximum Gasteiger partial charge on any atom is 0.309 e. The quantitative estimate of drug-likeness (QED) is 0.823. The molecule has 1 aromatic rings. The number of anilines is 1. The minimum Gasteiger partial charge on any atom is -0.427 e. The fraction of sp³-hybridized carbons (Fsp3) is 0.647. The van der Waals surface area contributed by atoms with Crippen LogP contribution >= 0.6 is 0 Å². The summed E-state index contributed by atoms with van der Waals surface area (Å²) in [7, 11) is 2.68. The SMILES string of the molecule is CN1CCN(c2ccc(BOC(C)(C)C(C)(C)O)cc2)CC1. The van der Waals surface area contributed by atoms with Gasteiger partial charge in [-0.3, -0.25) is 0 Å². The highest BCUT2D eigenvalue weighted by atomic mass is 16.5. The van der Waals surface area contributed by atoms with E-state index in [1.807, 2.05) is 13.8 Å². The Kier molecular flexibility index (Phi) is 5.20. The molecule has 0 spiro atoms. The van der Waals surface area contributed by atoms with Gasteiger partial charge in [0.1, 0.15) is 0 Å². The number of hydrogen-bond donors (Lipinski definition) is 1. The Labute approximate surface area is 135 Å². The first-order valence-corrected chi connectivity index (χ1v) is 8.08. The van der Waals surface area contributed by atoms with Crippen molar-refractivity contribution in [1.29, 1.82) is 0 Å². The number of hydrogen-bond acceptors (Lipinski definition) is 4. The number of nitrogens with zero attached hydrogens (tertiary/aromatic N) is 2. The second-order valence-corrected chi connectivity index (χ2v) is 7.31. The monoisotopic (exact) mass is 304 g/mol. The van der Waals surface area contributed by atoms with Crippen molar-refractivity contribution in [2.75, 3.05) is 38.1 Å². The second-order valence-electron chi connectivity index (χ2n) is 7.31. The van der Waals surface area contributed by atoms with E-state index in [0.29, 0.717) is 7.48 Å². The number of benzene rings is 1. The Balaban J connectivity index is 1.92. The smallest absolute Gasteiger partial charge is 0.309 e. The average molecular weight is 304 g/mol. The van der Waals surface area contributed by atoms with E-state index in [4.69, 9.17) is 4.65 Å². The van der Waals surface area contributed by atoms with Gasteiger partial charge in [-0.15, -0.1) is 0 Å². The van der Waals surface area contributed by atoms with Gasteiger partial charge in [-0.2, -0.15) is 0 Å². The van der Waals surface area contributed by atoms with Gasteiger partial charge in [0.2, 0.25) is 0 Å². The predicted molar refractivity (Wildman–Crippen MR) is 94.4 cm³/mol. The van der Waals surface area contributed by atoms with Crippen LogP contribution in [0.4, 0.5) is 5.69 Å². The summed E-state index contributed by atoms with van der Waals surface area (Å²) >= 11 is 0. The van der Waals surface area contributed by atoms with Crippen molar-refractivity contribution >= 4 is 18.6 Å². The summed E-state index contributed by atoms with van der Waals surface area (Å²) in [6.45, 7) is 11.8. The molecule has 4 nitrogen and oxygen atoms in total. The van der Waals surface area contributed by atoms with Gasteiger partial charge in [0.05, 0.1) is 11.2 Å². The molecular weight excluding hydrogens is 275 g/mol. The van der Waals surface area contributed by atoms with Crippen molar-refractivity contribution in [3.63, 3.8) is 0 Å². The third-order valence-electron chi connectivity index (χ3n) is 4.88. The Hall–Kier alpha value is -1.04. The zero-order valence-electron chi connectivity index (χ0n) is 14.6. The topological polar surface area (TPSA) is 35.9 Å². The molecule has 0 unspecified atom stereocenters. The van der Waals surface area contributed by atoms with Crippen LogP contribution in [0.25, 0.3) is 0 Å². The molecule has 0 aliphatic carbocycles. The van der Waals surface area contributed by atoms with E-state index in [2.05, 4.69) is 41.1 Å². The van der Waals surface area contributed by atoms with Gasteiger partial charge in [0.25, 0.3) is 0 Å². The van der Waals surface area contributed by atoms with Crippen molar-refractivity contribution in [3.8, 4) is 0 Å². The van der Waals surface area contributed by atoms with Crippen LogP contribution in [-0.4, -0.2) is 61.9 Å². The zero-order valence-corrected chi connectivity index (χ0v) is 14.6. The van der Waals surface area contributed by atoms with Gasteiger partial charge in [0.15, 0.2) is 0 Å². The van der Waals surface area contributed by atoms with Crippen LogP contribution in [0.15, 0.2) is 24.3 Å². The van der Waals surface area contributed by atoms with Crippen molar-refractivity contribution < 1.29 is 9.76 Å². The van der Waals surface area contributed by atoms with Crippen LogP contribution in [-0.2, 0) is 4.65 Å². The highest BCUT2D eigenvalue weighted by Crippen LogP contribution is 2.24. The van der Waals surface area contributed by atoms with E-state index in [9.17, 15) is 5.11 Å². The maximum absolute atomic E-state index is 10.1. The molecule has 22 heavy (non-hydrogen) atoms. The molecule has 1 fully saturated rings. The minimum absolute atomic E-state index is 0.514. The molecular formula is C17H29BN2O2. The normalized spacial score (nSPS) is 17.6. The lowest BCUT2D eigenvalue weighted by Crippen LogP contribution is -2.49. The van der Waals surface area contributed by atoms with Gasteiger partial charge in [0, 0.05) is 31.9 Å². The van der Waals surface area contributed by atoms with Gasteiger partial charge in [-0.05, 0) is 46.9 Å². The molecule has 1 aliphatic heterocycles. The largest absolute Gasteiger partial charge is 0.427 e. The summed E-state index contributed by atoms with van der Waals surface area (Å²) in [4.78, 5) is 4.78. The average Bonchev–Trinajstić information content (AvgIpc) is 2.45. The summed E-state index contributed by atoms with van der Waals surface area (Å²) in [5.41, 5.74) is 0.962. The summed E-state index contributed by atoms with van der Waals surface area (Å²) in [6.07, 6.45) is 0. The fourth-order valence-corrected chi connectivity index (χ4v) is 2.31. The molecule has 0 radical (unpaired) electrons. The van der Waals surface area contributed by atoms with Crippen LogP contribution in [0.2, 0.25) is 0 Å². The Morgan fingerprint density at radius 2 is 1.55 bits per heavy atom. The molecule has 5 heteroatoms. The number of aliphatic hydroxyl groups is 1. The molecule has 0 aromatic heterocycles. The van der Waals surface area contributed by atoms with Gasteiger partial charge in [-0.1, -0.05) is 17.6 Å². The predicted octanol–water partition coefficient (Wildman–Crippen LogP) is 0.981. The fourth-order valence-electron chi connectivity index (χ4n) is 2.31. The summed E-state index contributed by atoms with van der Waals surface area (Å²) < 4.78 is 5.91. The maximum atomic E-state index is 10.1. The van der Waals surface area contributed by atoms with Gasteiger partial charge >= 0.3 is 7.48 Å². The van der Waals surface area contributed by atoms with E-state index in [0.717, 1.165) is 31.6 Å². The molecule has 1 aliphatic rings. The van der Waals surface area contributed by atoms with E-state index < -0.39 is 11.2 Å². The molecule has 1 N–H and O–H groups in total. The number of rotatable bonds is 5. The highest BCUT2D eigenvalue weighted by Gasteiger charge is 2.35. The second kappa shape index (κ2) is 6.61. The van der Waals surface area contributed by atoms with Crippen LogP contribution < -0.4 is 10.4 Å². The first-order valence-electron chi connectivity index (χ1n) is 8.08. The lowest BCUT2D eigenvalue weighted by atomic mass is 9.82. The van der Waals surface area contributed by atoms with Gasteiger partial charge in [-0.25, -0.2) is 0 Å². The number of piperazine rings is 1. The molecule has 2 rings (SSSR count). The van der Waals surface area contributed by atoms with E-state index in [1.54, 1.807) is 13.8 Å². The van der Waals surface area contributed by atoms with Crippen molar-refractivity contribution in [1.82, 2.24) is 4.90 Å². The summed E-state index contributed by atoms with van der Waals surface area (Å²) in [5, 5.41) is 10.1. The first kappa shape index (κ1) is 17.3. The van der Waals surface area contributed by atoms with Crippen LogP contribution in [0.3, 0.4) is 0 Å². The lowest BCUT2D eigenvalue weighted by Gasteiger charge is -2.37. The third kappa shape index (κ3) is 4.25. The molecule has 0 bridgehead atoms. The van der Waals surface area contributed by atoms with E-state index in [1.165, 1.54) is 5.69 Å². The highest BCUT2D eigenvalue weighted by molar-refractivity contribution is 6.47. The van der Waals surface area contributed by atoms with E-state index >= 15 is 0 Å². The molecule has 0 atom stereocenters. The number of likely N-dealkylation sites (N-methyl/N-ethyl adjacent to an activating group) is 1. The first-order chi connectivity index (χ1) is 10.2. The molecule has 1 saturated heterocycles. The standard InChI is InChI=1S/C17H29BN2O2/c1-16(2,21)17(3,4)22-18-14-6-8-15(9-7-14)20-12-10-19(5)11-13-20/h6-9,18,21H,10-13H2,1-5H3. The van der Waals surface area contributed by atoms with Gasteiger partial charge < -0.3 is 19.6 Å². The van der Waals surface area contributed by atoms with Crippen LogP contribution in [0.1, 0.15) is 27.7 Å². The third-order valence-corrected chi connectivity index (χ3v) is 4.88. The summed E-state index contributed by atoms with van der Waals surface area (Å²) in [5.74, 6) is 0. The van der Waals surface area contributed by atoms with E-state index in [-0.39, 0.29) is 0 Å². The lowest BCUT2D eigenvalue weighted by molar-refractivity contribution is -0.0893. The minimum atomic E-state index is -0.868. The summed E-state index contributed by atoms with van der Waals surface area (Å²) in [6, 6.07) is 8.57. The molecule has 1 heterocycles.